The van der Waals surface area contributed by atoms with E-state index in [1.807, 2.05) is 29.1 Å². The van der Waals surface area contributed by atoms with Crippen LogP contribution in [0.25, 0.3) is 11.3 Å². The minimum atomic E-state index is 0.291. The highest BCUT2D eigenvalue weighted by Gasteiger charge is 2.21. The van der Waals surface area contributed by atoms with Crippen molar-refractivity contribution >= 4 is 0 Å². The van der Waals surface area contributed by atoms with Crippen LogP contribution in [0.5, 0.6) is 11.5 Å². The summed E-state index contributed by atoms with van der Waals surface area (Å²) in [5.41, 5.74) is 1.86. The summed E-state index contributed by atoms with van der Waals surface area (Å²) in [6, 6.07) is 6.25. The Balaban J connectivity index is 1.67. The molecule has 92 valence electrons. The zero-order valence-corrected chi connectivity index (χ0v) is 9.67. The third kappa shape index (κ3) is 1.46. The Labute approximate surface area is 104 Å². The topological polar surface area (TPSA) is 61.2 Å². The zero-order valence-electron chi connectivity index (χ0n) is 9.67. The average Bonchev–Trinajstić information content (AvgIpc) is 2.93. The van der Waals surface area contributed by atoms with Crippen molar-refractivity contribution in [2.45, 2.75) is 6.04 Å². The van der Waals surface area contributed by atoms with Gasteiger partial charge in [-0.25, -0.2) is 4.68 Å². The fourth-order valence-corrected chi connectivity index (χ4v) is 2.10. The van der Waals surface area contributed by atoms with Gasteiger partial charge in [0.1, 0.15) is 5.69 Å². The Morgan fingerprint density at radius 3 is 2.94 bits per heavy atom. The summed E-state index contributed by atoms with van der Waals surface area (Å²) >= 11 is 0. The molecule has 2 aliphatic rings. The van der Waals surface area contributed by atoms with E-state index in [1.54, 1.807) is 0 Å². The van der Waals surface area contributed by atoms with Crippen LogP contribution < -0.4 is 14.8 Å². The van der Waals surface area contributed by atoms with E-state index >= 15 is 0 Å². The molecule has 1 saturated heterocycles. The highest BCUT2D eigenvalue weighted by Crippen LogP contribution is 2.35. The fraction of sp³-hybridized carbons (Fsp3) is 0.333. The van der Waals surface area contributed by atoms with E-state index < -0.39 is 0 Å². The second-order valence-electron chi connectivity index (χ2n) is 4.46. The summed E-state index contributed by atoms with van der Waals surface area (Å²) in [5, 5.41) is 11.6. The molecule has 0 bridgehead atoms. The number of rotatable bonds is 2. The minimum Gasteiger partial charge on any atom is -0.454 e. The Morgan fingerprint density at radius 1 is 1.22 bits per heavy atom. The molecule has 0 spiro atoms. The number of benzene rings is 1. The van der Waals surface area contributed by atoms with Crippen LogP contribution in [0.1, 0.15) is 6.04 Å². The number of ether oxygens (including phenoxy) is 2. The molecule has 2 aromatic rings. The standard InChI is InChI=1S/C12H12N4O2/c1-2-11-12(18-7-17-11)3-8(1)10-6-16(15-14-10)9-4-13-5-9/h1-3,6,9,13H,4-5,7H2. The molecule has 3 heterocycles. The van der Waals surface area contributed by atoms with Crippen molar-refractivity contribution in [3.05, 3.63) is 24.4 Å². The van der Waals surface area contributed by atoms with Crippen LogP contribution in [-0.4, -0.2) is 34.9 Å². The smallest absolute Gasteiger partial charge is 0.231 e. The molecular formula is C12H12N4O2. The van der Waals surface area contributed by atoms with Crippen LogP contribution in [0, 0.1) is 0 Å². The van der Waals surface area contributed by atoms with Gasteiger partial charge in [-0.2, -0.15) is 0 Å². The van der Waals surface area contributed by atoms with Gasteiger partial charge >= 0.3 is 0 Å². The maximum Gasteiger partial charge on any atom is 0.231 e. The van der Waals surface area contributed by atoms with E-state index in [4.69, 9.17) is 9.47 Å². The van der Waals surface area contributed by atoms with Crippen LogP contribution in [0.3, 0.4) is 0 Å². The number of aromatic nitrogens is 3. The number of hydrogen-bond acceptors (Lipinski definition) is 5. The first-order chi connectivity index (χ1) is 8.90. The monoisotopic (exact) mass is 244 g/mol. The second-order valence-corrected chi connectivity index (χ2v) is 4.46. The summed E-state index contributed by atoms with van der Waals surface area (Å²) < 4.78 is 12.6. The highest BCUT2D eigenvalue weighted by atomic mass is 16.7. The van der Waals surface area contributed by atoms with Crippen molar-refractivity contribution in [3.8, 4) is 22.8 Å². The molecule has 0 unspecified atom stereocenters. The molecule has 18 heavy (non-hydrogen) atoms. The predicted octanol–water partition coefficient (Wildman–Crippen LogP) is 0.818. The number of fused-ring (bicyclic) bond motifs is 1. The summed E-state index contributed by atoms with van der Waals surface area (Å²) in [6.07, 6.45) is 1.98. The lowest BCUT2D eigenvalue weighted by molar-refractivity contribution is 0.174. The molecule has 0 saturated carbocycles. The summed E-state index contributed by atoms with van der Waals surface area (Å²) in [7, 11) is 0. The number of hydrogen-bond donors (Lipinski definition) is 1. The molecule has 0 atom stereocenters. The molecule has 2 aliphatic heterocycles. The summed E-state index contributed by atoms with van der Waals surface area (Å²) in [5.74, 6) is 1.56. The van der Waals surface area contributed by atoms with Crippen molar-refractivity contribution < 1.29 is 9.47 Å². The molecule has 1 N–H and O–H groups in total. The first-order valence-electron chi connectivity index (χ1n) is 5.93. The Hall–Kier alpha value is -2.08. The van der Waals surface area contributed by atoms with Crippen molar-refractivity contribution in [3.63, 3.8) is 0 Å². The highest BCUT2D eigenvalue weighted by molar-refractivity contribution is 5.63. The van der Waals surface area contributed by atoms with E-state index in [1.165, 1.54) is 0 Å². The van der Waals surface area contributed by atoms with Crippen LogP contribution in [0.2, 0.25) is 0 Å². The van der Waals surface area contributed by atoms with Gasteiger partial charge in [-0.1, -0.05) is 5.21 Å². The zero-order chi connectivity index (χ0) is 11.9. The normalized spacial score (nSPS) is 17.8. The van der Waals surface area contributed by atoms with E-state index in [2.05, 4.69) is 15.6 Å². The van der Waals surface area contributed by atoms with Gasteiger partial charge in [-0.3, -0.25) is 0 Å². The van der Waals surface area contributed by atoms with Gasteiger partial charge in [0.25, 0.3) is 0 Å². The molecule has 6 heteroatoms. The van der Waals surface area contributed by atoms with Crippen molar-refractivity contribution in [2.24, 2.45) is 0 Å². The number of nitrogens with zero attached hydrogens (tertiary/aromatic N) is 3. The Kier molecular flexibility index (Phi) is 2.04. The van der Waals surface area contributed by atoms with Crippen molar-refractivity contribution in [1.82, 2.24) is 20.3 Å². The third-order valence-corrected chi connectivity index (χ3v) is 3.31. The SMILES string of the molecule is c1cc2c(cc1-c1cn(C3CNC3)nn1)OCO2. The predicted molar refractivity (Wildman–Crippen MR) is 63.5 cm³/mol. The Morgan fingerprint density at radius 2 is 2.11 bits per heavy atom. The molecule has 0 amide bonds. The largest absolute Gasteiger partial charge is 0.454 e. The van der Waals surface area contributed by atoms with E-state index in [0.29, 0.717) is 12.8 Å². The van der Waals surface area contributed by atoms with Crippen molar-refractivity contribution in [2.75, 3.05) is 19.9 Å². The van der Waals surface area contributed by atoms with E-state index in [0.717, 1.165) is 35.8 Å². The van der Waals surface area contributed by atoms with E-state index in [-0.39, 0.29) is 0 Å². The first kappa shape index (κ1) is 9.90. The molecule has 0 radical (unpaired) electrons. The van der Waals surface area contributed by atoms with Crippen LogP contribution in [0.4, 0.5) is 0 Å². The molecule has 1 aromatic heterocycles. The number of nitrogens with one attached hydrogen (secondary N) is 1. The summed E-state index contributed by atoms with van der Waals surface area (Å²) in [6.45, 7) is 2.22. The minimum absolute atomic E-state index is 0.291. The molecule has 6 nitrogen and oxygen atoms in total. The maximum absolute atomic E-state index is 5.36. The van der Waals surface area contributed by atoms with Crippen molar-refractivity contribution in [1.29, 1.82) is 0 Å². The van der Waals surface area contributed by atoms with Gasteiger partial charge in [0.15, 0.2) is 11.5 Å². The van der Waals surface area contributed by atoms with Gasteiger partial charge in [0.05, 0.1) is 12.2 Å². The lowest BCUT2D eigenvalue weighted by atomic mass is 10.1. The van der Waals surface area contributed by atoms with Gasteiger partial charge in [-0.05, 0) is 18.2 Å². The lowest BCUT2D eigenvalue weighted by Gasteiger charge is -2.26. The lowest BCUT2D eigenvalue weighted by Crippen LogP contribution is -2.43. The van der Waals surface area contributed by atoms with E-state index in [9.17, 15) is 0 Å². The second kappa shape index (κ2) is 3.71. The van der Waals surface area contributed by atoms with Gasteiger partial charge in [0, 0.05) is 18.7 Å². The molecule has 4 rings (SSSR count). The van der Waals surface area contributed by atoms with Crippen LogP contribution in [0.15, 0.2) is 24.4 Å². The first-order valence-corrected chi connectivity index (χ1v) is 5.93. The van der Waals surface area contributed by atoms with Gasteiger partial charge < -0.3 is 14.8 Å². The molecule has 1 aromatic carbocycles. The third-order valence-electron chi connectivity index (χ3n) is 3.31. The summed E-state index contributed by atoms with van der Waals surface area (Å²) in [4.78, 5) is 0. The molecular weight excluding hydrogens is 232 g/mol. The quantitative estimate of drug-likeness (QED) is 0.847. The fourth-order valence-electron chi connectivity index (χ4n) is 2.10. The maximum atomic E-state index is 5.36. The van der Waals surface area contributed by atoms with Gasteiger partial charge in [-0.15, -0.1) is 5.10 Å². The molecule has 0 aliphatic carbocycles. The van der Waals surface area contributed by atoms with Gasteiger partial charge in [0.2, 0.25) is 6.79 Å². The molecule has 1 fully saturated rings. The Bertz CT molecular complexity index is 592. The van der Waals surface area contributed by atoms with Crippen LogP contribution in [-0.2, 0) is 0 Å². The van der Waals surface area contributed by atoms with Crippen LogP contribution >= 0.6 is 0 Å². The average molecular weight is 244 g/mol.